The number of benzene rings is 1. The number of nitrogens with one attached hydrogen (secondary N) is 1. The van der Waals surface area contributed by atoms with Crippen LogP contribution in [0.1, 0.15) is 45.5 Å². The van der Waals surface area contributed by atoms with Crippen LogP contribution in [-0.4, -0.2) is 22.0 Å². The molecule has 0 radical (unpaired) electrons. The first kappa shape index (κ1) is 20.7. The standard InChI is InChI=1S/C23H25F2N3O/c1-4-18-15(2)22(23(29)27-13-11-17-8-5-6-12-26-17)28(16(18)3)14-19-20(24)9-7-10-21(19)25/h5-10,12H,4,11,13-14H2,1-3H3,(H,27,29). The lowest BCUT2D eigenvalue weighted by molar-refractivity contribution is 0.0944. The molecule has 0 fully saturated rings. The molecular weight excluding hydrogens is 372 g/mol. The van der Waals surface area contributed by atoms with Crippen molar-refractivity contribution in [1.29, 1.82) is 0 Å². The fourth-order valence-corrected chi connectivity index (χ4v) is 3.73. The minimum atomic E-state index is -0.615. The second-order valence-corrected chi connectivity index (χ2v) is 7.00. The van der Waals surface area contributed by atoms with Crippen molar-refractivity contribution in [3.8, 4) is 0 Å². The van der Waals surface area contributed by atoms with Gasteiger partial charge in [-0.05, 0) is 55.7 Å². The van der Waals surface area contributed by atoms with E-state index in [9.17, 15) is 13.6 Å². The Balaban J connectivity index is 1.88. The van der Waals surface area contributed by atoms with Gasteiger partial charge in [0.05, 0.1) is 6.54 Å². The van der Waals surface area contributed by atoms with Crippen molar-refractivity contribution >= 4 is 5.91 Å². The molecule has 1 aromatic carbocycles. The summed E-state index contributed by atoms with van der Waals surface area (Å²) in [6, 6.07) is 9.45. The number of carbonyl (C=O) groups excluding carboxylic acids is 1. The van der Waals surface area contributed by atoms with E-state index in [0.29, 0.717) is 18.7 Å². The number of hydrogen-bond acceptors (Lipinski definition) is 2. The van der Waals surface area contributed by atoms with Gasteiger partial charge in [0.2, 0.25) is 0 Å². The molecular formula is C23H25F2N3O. The smallest absolute Gasteiger partial charge is 0.268 e. The van der Waals surface area contributed by atoms with Crippen molar-refractivity contribution in [3.63, 3.8) is 0 Å². The lowest BCUT2D eigenvalue weighted by Crippen LogP contribution is -2.29. The van der Waals surface area contributed by atoms with Gasteiger partial charge in [0.25, 0.3) is 5.91 Å². The second kappa shape index (κ2) is 8.99. The molecule has 0 aliphatic rings. The number of nitrogens with zero attached hydrogens (tertiary/aromatic N) is 2. The highest BCUT2D eigenvalue weighted by molar-refractivity contribution is 5.95. The number of carbonyl (C=O) groups is 1. The van der Waals surface area contributed by atoms with Gasteiger partial charge in [-0.25, -0.2) is 8.78 Å². The maximum atomic E-state index is 14.2. The maximum absolute atomic E-state index is 14.2. The fraction of sp³-hybridized carbons (Fsp3) is 0.304. The number of pyridine rings is 1. The summed E-state index contributed by atoms with van der Waals surface area (Å²) in [5, 5.41) is 2.92. The molecule has 0 aliphatic heterocycles. The quantitative estimate of drug-likeness (QED) is 0.644. The maximum Gasteiger partial charge on any atom is 0.268 e. The first-order chi connectivity index (χ1) is 13.9. The first-order valence-electron chi connectivity index (χ1n) is 9.73. The van der Waals surface area contributed by atoms with Gasteiger partial charge in [0, 0.05) is 36.1 Å². The molecule has 0 spiro atoms. The van der Waals surface area contributed by atoms with Gasteiger partial charge >= 0.3 is 0 Å². The van der Waals surface area contributed by atoms with Crippen LogP contribution in [0.2, 0.25) is 0 Å². The van der Waals surface area contributed by atoms with Crippen LogP contribution in [0.25, 0.3) is 0 Å². The van der Waals surface area contributed by atoms with Gasteiger partial charge in [-0.15, -0.1) is 0 Å². The van der Waals surface area contributed by atoms with Crippen molar-refractivity contribution in [3.05, 3.63) is 88.0 Å². The van der Waals surface area contributed by atoms with Crippen LogP contribution in [0.3, 0.4) is 0 Å². The number of aromatic nitrogens is 2. The van der Waals surface area contributed by atoms with Crippen molar-refractivity contribution in [1.82, 2.24) is 14.9 Å². The topological polar surface area (TPSA) is 46.9 Å². The number of rotatable bonds is 7. The molecule has 0 unspecified atom stereocenters. The molecule has 4 nitrogen and oxygen atoms in total. The molecule has 0 aliphatic carbocycles. The monoisotopic (exact) mass is 397 g/mol. The van der Waals surface area contributed by atoms with E-state index >= 15 is 0 Å². The average Bonchev–Trinajstić information content (AvgIpc) is 2.94. The highest BCUT2D eigenvalue weighted by Crippen LogP contribution is 2.25. The summed E-state index contributed by atoms with van der Waals surface area (Å²) < 4.78 is 30.2. The molecule has 0 bridgehead atoms. The summed E-state index contributed by atoms with van der Waals surface area (Å²) in [5.74, 6) is -1.48. The third kappa shape index (κ3) is 4.36. The van der Waals surface area contributed by atoms with Crippen molar-refractivity contribution in [2.24, 2.45) is 0 Å². The summed E-state index contributed by atoms with van der Waals surface area (Å²) in [4.78, 5) is 17.2. The third-order valence-corrected chi connectivity index (χ3v) is 5.26. The Morgan fingerprint density at radius 2 is 1.79 bits per heavy atom. The predicted octanol–water partition coefficient (Wildman–Crippen LogP) is 4.36. The van der Waals surface area contributed by atoms with Crippen LogP contribution in [-0.2, 0) is 19.4 Å². The van der Waals surface area contributed by atoms with E-state index in [2.05, 4.69) is 10.3 Å². The SMILES string of the molecule is CCc1c(C)c(C(=O)NCCc2ccccn2)n(Cc2c(F)cccc2F)c1C. The first-order valence-corrected chi connectivity index (χ1v) is 9.73. The summed E-state index contributed by atoms with van der Waals surface area (Å²) in [7, 11) is 0. The highest BCUT2D eigenvalue weighted by Gasteiger charge is 2.23. The van der Waals surface area contributed by atoms with E-state index in [1.807, 2.05) is 39.0 Å². The van der Waals surface area contributed by atoms with Crippen LogP contribution in [0.4, 0.5) is 8.78 Å². The lowest BCUT2D eigenvalue weighted by Gasteiger charge is -2.14. The van der Waals surface area contributed by atoms with Crippen LogP contribution in [0.15, 0.2) is 42.6 Å². The summed E-state index contributed by atoms with van der Waals surface area (Å²) >= 11 is 0. The van der Waals surface area contributed by atoms with Gasteiger partial charge in [-0.1, -0.05) is 19.1 Å². The Bertz CT molecular complexity index is 992. The van der Waals surface area contributed by atoms with Crippen LogP contribution in [0.5, 0.6) is 0 Å². The zero-order chi connectivity index (χ0) is 21.0. The van der Waals surface area contributed by atoms with E-state index in [-0.39, 0.29) is 18.0 Å². The predicted molar refractivity (Wildman–Crippen MR) is 109 cm³/mol. The summed E-state index contributed by atoms with van der Waals surface area (Å²) in [5.41, 5.74) is 4.01. The number of amides is 1. The molecule has 1 N–H and O–H groups in total. The molecule has 6 heteroatoms. The van der Waals surface area contributed by atoms with Crippen LogP contribution in [0, 0.1) is 25.5 Å². The molecule has 2 heterocycles. The Hall–Kier alpha value is -3.02. The number of halogens is 2. The molecule has 3 rings (SSSR count). The van der Waals surface area contributed by atoms with E-state index in [0.717, 1.165) is 28.9 Å². The molecule has 1 amide bonds. The Labute approximate surface area is 169 Å². The molecule has 2 aromatic heterocycles. The molecule has 3 aromatic rings. The molecule has 29 heavy (non-hydrogen) atoms. The van der Waals surface area contributed by atoms with Gasteiger partial charge in [0.15, 0.2) is 0 Å². The Morgan fingerprint density at radius 3 is 2.41 bits per heavy atom. The normalized spacial score (nSPS) is 10.9. The van der Waals surface area contributed by atoms with Gasteiger partial charge in [-0.2, -0.15) is 0 Å². The van der Waals surface area contributed by atoms with Crippen molar-refractivity contribution in [2.45, 2.75) is 40.2 Å². The Kier molecular flexibility index (Phi) is 6.42. The van der Waals surface area contributed by atoms with E-state index in [1.165, 1.54) is 18.2 Å². The Morgan fingerprint density at radius 1 is 1.07 bits per heavy atom. The average molecular weight is 397 g/mol. The number of hydrogen-bond donors (Lipinski definition) is 1. The van der Waals surface area contributed by atoms with Crippen molar-refractivity contribution < 1.29 is 13.6 Å². The second-order valence-electron chi connectivity index (χ2n) is 7.00. The van der Waals surface area contributed by atoms with E-state index < -0.39 is 11.6 Å². The molecule has 152 valence electrons. The minimum absolute atomic E-state index is 0.0336. The van der Waals surface area contributed by atoms with E-state index in [4.69, 9.17) is 0 Å². The van der Waals surface area contributed by atoms with Crippen LogP contribution < -0.4 is 5.32 Å². The van der Waals surface area contributed by atoms with Gasteiger partial charge < -0.3 is 9.88 Å². The lowest BCUT2D eigenvalue weighted by atomic mass is 10.1. The van der Waals surface area contributed by atoms with Gasteiger partial charge in [0.1, 0.15) is 17.3 Å². The third-order valence-electron chi connectivity index (χ3n) is 5.26. The molecule has 0 saturated heterocycles. The highest BCUT2D eigenvalue weighted by atomic mass is 19.1. The molecule has 0 atom stereocenters. The minimum Gasteiger partial charge on any atom is -0.350 e. The largest absolute Gasteiger partial charge is 0.350 e. The summed E-state index contributed by atoms with van der Waals surface area (Å²) in [6.45, 7) is 6.16. The zero-order valence-electron chi connectivity index (χ0n) is 16.9. The van der Waals surface area contributed by atoms with Crippen molar-refractivity contribution in [2.75, 3.05) is 6.54 Å². The fourth-order valence-electron chi connectivity index (χ4n) is 3.73. The van der Waals surface area contributed by atoms with E-state index in [1.54, 1.807) is 10.8 Å². The zero-order valence-corrected chi connectivity index (χ0v) is 16.9. The van der Waals surface area contributed by atoms with Crippen LogP contribution >= 0.6 is 0 Å². The van der Waals surface area contributed by atoms with Gasteiger partial charge in [-0.3, -0.25) is 9.78 Å². The summed E-state index contributed by atoms with van der Waals surface area (Å²) in [6.07, 6.45) is 3.05. The molecule has 0 saturated carbocycles.